The van der Waals surface area contributed by atoms with Crippen LogP contribution < -0.4 is 9.47 Å². The zero-order valence-corrected chi connectivity index (χ0v) is 16.3. The minimum atomic E-state index is -0.298. The van der Waals surface area contributed by atoms with Gasteiger partial charge in [-0.3, -0.25) is 0 Å². The van der Waals surface area contributed by atoms with Gasteiger partial charge in [0.2, 0.25) is 5.88 Å². The Kier molecular flexibility index (Phi) is 5.17. The van der Waals surface area contributed by atoms with E-state index in [-0.39, 0.29) is 11.8 Å². The quantitative estimate of drug-likeness (QED) is 0.449. The van der Waals surface area contributed by atoms with Crippen LogP contribution in [0.2, 0.25) is 0 Å². The van der Waals surface area contributed by atoms with Crippen molar-refractivity contribution in [2.24, 2.45) is 4.99 Å². The zero-order valence-electron chi connectivity index (χ0n) is 16.3. The molecule has 1 unspecified atom stereocenters. The van der Waals surface area contributed by atoms with Gasteiger partial charge < -0.3 is 14.2 Å². The molecule has 0 spiro atoms. The van der Waals surface area contributed by atoms with Gasteiger partial charge in [-0.2, -0.15) is 10.3 Å². The molecule has 5 nitrogen and oxygen atoms in total. The average Bonchev–Trinajstić information content (AvgIpc) is 2.78. The number of benzene rings is 3. The highest BCUT2D eigenvalue weighted by Gasteiger charge is 2.32. The molecule has 4 rings (SSSR count). The molecule has 0 N–H and O–H groups in total. The van der Waals surface area contributed by atoms with Crippen molar-refractivity contribution in [1.29, 1.82) is 5.26 Å². The van der Waals surface area contributed by atoms with Gasteiger partial charge in [0.05, 0.1) is 19.6 Å². The molecule has 5 heteroatoms. The van der Waals surface area contributed by atoms with Crippen LogP contribution in [0.5, 0.6) is 11.5 Å². The highest BCUT2D eigenvalue weighted by molar-refractivity contribution is 5.91. The lowest BCUT2D eigenvalue weighted by Crippen LogP contribution is -2.16. The number of hydrogen-bond donors (Lipinski definition) is 0. The number of hydrogen-bond acceptors (Lipinski definition) is 5. The lowest BCUT2D eigenvalue weighted by Gasteiger charge is -2.27. The van der Waals surface area contributed by atoms with E-state index in [9.17, 15) is 5.26 Å². The molecular weight excluding hydrogens is 364 g/mol. The van der Waals surface area contributed by atoms with Crippen LogP contribution in [0.4, 0.5) is 0 Å². The summed E-state index contributed by atoms with van der Waals surface area (Å²) in [5, 5.41) is 12.0. The minimum absolute atomic E-state index is 0.255. The molecule has 3 aromatic carbocycles. The number of allylic oxidation sites excluding steroid dienone is 1. The molecule has 144 valence electrons. The lowest BCUT2D eigenvalue weighted by atomic mass is 9.82. The van der Waals surface area contributed by atoms with Crippen molar-refractivity contribution in [3.8, 4) is 17.6 Å². The van der Waals surface area contributed by atoms with E-state index in [0.717, 1.165) is 27.6 Å². The van der Waals surface area contributed by atoms with Crippen LogP contribution >= 0.6 is 0 Å². The maximum absolute atomic E-state index is 9.96. The van der Waals surface area contributed by atoms with Crippen molar-refractivity contribution < 1.29 is 14.2 Å². The lowest BCUT2D eigenvalue weighted by molar-refractivity contribution is 0.336. The van der Waals surface area contributed by atoms with Crippen molar-refractivity contribution in [2.75, 3.05) is 13.7 Å². The first kappa shape index (κ1) is 18.6. The summed E-state index contributed by atoms with van der Waals surface area (Å²) in [4.78, 5) is 4.30. The van der Waals surface area contributed by atoms with Gasteiger partial charge in [-0.15, -0.1) is 0 Å². The topological polar surface area (TPSA) is 63.8 Å². The van der Waals surface area contributed by atoms with Crippen molar-refractivity contribution in [3.05, 3.63) is 83.2 Å². The van der Waals surface area contributed by atoms with Crippen molar-refractivity contribution >= 4 is 17.2 Å². The summed E-state index contributed by atoms with van der Waals surface area (Å²) in [6.45, 7) is 2.36. The largest absolute Gasteiger partial charge is 0.497 e. The van der Waals surface area contributed by atoms with Crippen LogP contribution in [0.1, 0.15) is 24.0 Å². The smallest absolute Gasteiger partial charge is 0.236 e. The molecule has 3 aromatic rings. The summed E-state index contributed by atoms with van der Waals surface area (Å²) >= 11 is 0. The first-order valence-corrected chi connectivity index (χ1v) is 9.38. The molecule has 0 aliphatic carbocycles. The monoisotopic (exact) mass is 384 g/mol. The second-order valence-electron chi connectivity index (χ2n) is 6.53. The van der Waals surface area contributed by atoms with E-state index in [1.54, 1.807) is 7.11 Å². The SMILES string of the molecule is CCOC=NC1=C(C#N)C(c2ccc(OC)cc2)c2ccc3ccccc3c2O1. The Bertz CT molecular complexity index is 1140. The fourth-order valence-electron chi connectivity index (χ4n) is 3.54. The molecule has 0 radical (unpaired) electrons. The third-order valence-corrected chi connectivity index (χ3v) is 4.92. The predicted octanol–water partition coefficient (Wildman–Crippen LogP) is 5.17. The third-order valence-electron chi connectivity index (χ3n) is 4.92. The predicted molar refractivity (Wildman–Crippen MR) is 112 cm³/mol. The molecule has 0 fully saturated rings. The van der Waals surface area contributed by atoms with Crippen LogP contribution in [0.3, 0.4) is 0 Å². The second kappa shape index (κ2) is 8.07. The Hall–Kier alpha value is -3.78. The van der Waals surface area contributed by atoms with Gasteiger partial charge >= 0.3 is 0 Å². The van der Waals surface area contributed by atoms with E-state index in [1.807, 2.05) is 61.5 Å². The van der Waals surface area contributed by atoms with Gasteiger partial charge in [0.15, 0.2) is 6.40 Å². The van der Waals surface area contributed by atoms with Gasteiger partial charge in [0.1, 0.15) is 23.1 Å². The summed E-state index contributed by atoms with van der Waals surface area (Å²) in [6, 6.07) is 22.1. The normalized spacial score (nSPS) is 15.7. The number of ether oxygens (including phenoxy) is 3. The number of methoxy groups -OCH3 is 1. The fourth-order valence-corrected chi connectivity index (χ4v) is 3.54. The number of nitrogens with zero attached hydrogens (tertiary/aromatic N) is 2. The summed E-state index contributed by atoms with van der Waals surface area (Å²) in [6.07, 6.45) is 1.33. The Morgan fingerprint density at radius 1 is 1.10 bits per heavy atom. The standard InChI is InChI=1S/C24H20N2O3/c1-3-28-15-26-24-21(14-25)22(17-8-11-18(27-2)12-9-17)20-13-10-16-6-4-5-7-19(16)23(20)29-24/h4-13,15,22H,3H2,1-2H3. The maximum Gasteiger partial charge on any atom is 0.236 e. The van der Waals surface area contributed by atoms with E-state index in [1.165, 1.54) is 6.40 Å². The van der Waals surface area contributed by atoms with Crippen molar-refractivity contribution in [2.45, 2.75) is 12.8 Å². The fraction of sp³-hybridized carbons (Fsp3) is 0.167. The Labute approximate surface area is 169 Å². The first-order chi connectivity index (χ1) is 14.3. The van der Waals surface area contributed by atoms with Crippen molar-refractivity contribution in [1.82, 2.24) is 0 Å². The van der Waals surface area contributed by atoms with Crippen LogP contribution in [0.25, 0.3) is 10.8 Å². The molecule has 0 bridgehead atoms. The average molecular weight is 384 g/mol. The Balaban J connectivity index is 1.94. The molecule has 0 amide bonds. The second-order valence-corrected chi connectivity index (χ2v) is 6.53. The van der Waals surface area contributed by atoms with Gasteiger partial charge in [-0.25, -0.2) is 0 Å². The molecule has 0 saturated carbocycles. The van der Waals surface area contributed by atoms with Crippen LogP contribution in [0.15, 0.2) is 77.1 Å². The Morgan fingerprint density at radius 3 is 2.62 bits per heavy atom. The highest BCUT2D eigenvalue weighted by Crippen LogP contribution is 2.46. The molecule has 0 aromatic heterocycles. The number of nitriles is 1. The molecule has 1 heterocycles. The minimum Gasteiger partial charge on any atom is -0.497 e. The molecule has 1 aliphatic rings. The number of fused-ring (bicyclic) bond motifs is 3. The summed E-state index contributed by atoms with van der Waals surface area (Å²) in [5.74, 6) is 1.43. The maximum atomic E-state index is 9.96. The molecular formula is C24H20N2O3. The number of aliphatic imine (C=N–C) groups is 1. The Morgan fingerprint density at radius 2 is 1.90 bits per heavy atom. The third kappa shape index (κ3) is 3.41. The first-order valence-electron chi connectivity index (χ1n) is 9.38. The van der Waals surface area contributed by atoms with E-state index < -0.39 is 0 Å². The van der Waals surface area contributed by atoms with Crippen LogP contribution in [0, 0.1) is 11.3 Å². The summed E-state index contributed by atoms with van der Waals surface area (Å²) in [5.41, 5.74) is 2.33. The van der Waals surface area contributed by atoms with Gasteiger partial charge in [0, 0.05) is 10.9 Å². The van der Waals surface area contributed by atoms with E-state index in [0.29, 0.717) is 17.9 Å². The van der Waals surface area contributed by atoms with Gasteiger partial charge in [0.25, 0.3) is 0 Å². The number of rotatable bonds is 5. The van der Waals surface area contributed by atoms with Gasteiger partial charge in [-0.1, -0.05) is 48.5 Å². The summed E-state index contributed by atoms with van der Waals surface area (Å²) in [7, 11) is 1.63. The van der Waals surface area contributed by atoms with E-state index >= 15 is 0 Å². The summed E-state index contributed by atoms with van der Waals surface area (Å²) < 4.78 is 16.7. The molecule has 0 saturated heterocycles. The van der Waals surface area contributed by atoms with Crippen molar-refractivity contribution in [3.63, 3.8) is 0 Å². The van der Waals surface area contributed by atoms with Gasteiger partial charge in [-0.05, 0) is 30.0 Å². The molecule has 29 heavy (non-hydrogen) atoms. The van der Waals surface area contributed by atoms with E-state index in [2.05, 4.69) is 17.1 Å². The highest BCUT2D eigenvalue weighted by atomic mass is 16.5. The zero-order chi connectivity index (χ0) is 20.2. The van der Waals surface area contributed by atoms with Crippen LogP contribution in [-0.4, -0.2) is 20.1 Å². The molecule has 1 atom stereocenters. The molecule has 1 aliphatic heterocycles. The van der Waals surface area contributed by atoms with E-state index in [4.69, 9.17) is 14.2 Å². The van der Waals surface area contributed by atoms with Crippen LogP contribution in [-0.2, 0) is 4.74 Å².